The first-order chi connectivity index (χ1) is 9.29. The van der Waals surface area contributed by atoms with E-state index in [0.29, 0.717) is 12.5 Å². The molecule has 1 atom stereocenters. The van der Waals surface area contributed by atoms with Crippen LogP contribution in [0.15, 0.2) is 12.1 Å². The Hall–Kier alpha value is -1.63. The van der Waals surface area contributed by atoms with Crippen molar-refractivity contribution >= 4 is 5.91 Å². The zero-order valence-electron chi connectivity index (χ0n) is 11.0. The van der Waals surface area contributed by atoms with Crippen LogP contribution in [-0.4, -0.2) is 23.5 Å². The molecule has 1 aromatic heterocycles. The fourth-order valence-corrected chi connectivity index (χ4v) is 1.96. The highest BCUT2D eigenvalue weighted by molar-refractivity contribution is 5.95. The molecule has 0 saturated heterocycles. The fraction of sp³-hybridized carbons (Fsp3) is 0.538. The second kappa shape index (κ2) is 5.40. The first kappa shape index (κ1) is 14.8. The number of nitrogens with one attached hydrogen (secondary N) is 1. The quantitative estimate of drug-likeness (QED) is 0.888. The number of carbonyl (C=O) groups is 1. The molecule has 1 amide bonds. The van der Waals surface area contributed by atoms with E-state index in [-0.39, 0.29) is 17.3 Å². The van der Waals surface area contributed by atoms with Crippen molar-refractivity contribution < 1.29 is 18.0 Å². The van der Waals surface area contributed by atoms with Crippen LogP contribution >= 0.6 is 0 Å². The van der Waals surface area contributed by atoms with Gasteiger partial charge in [0.1, 0.15) is 5.69 Å². The smallest absolute Gasteiger partial charge is 0.350 e. The van der Waals surface area contributed by atoms with Crippen LogP contribution in [0, 0.1) is 12.8 Å². The van der Waals surface area contributed by atoms with Gasteiger partial charge in [0.2, 0.25) is 0 Å². The molecule has 7 heteroatoms. The summed E-state index contributed by atoms with van der Waals surface area (Å²) in [7, 11) is 0. The second-order valence-corrected chi connectivity index (χ2v) is 5.04. The molecule has 1 unspecified atom stereocenters. The van der Waals surface area contributed by atoms with Crippen molar-refractivity contribution in [3.63, 3.8) is 0 Å². The van der Waals surface area contributed by atoms with Gasteiger partial charge in [-0.25, -0.2) is 4.98 Å². The number of pyridine rings is 1. The molecular weight excluding hydrogens is 271 g/mol. The number of hydrogen-bond donors (Lipinski definition) is 2. The normalized spacial score (nSPS) is 16.9. The number of aryl methyl sites for hydroxylation is 1. The number of nitrogens with zero attached hydrogens (tertiary/aromatic N) is 1. The molecule has 110 valence electrons. The highest BCUT2D eigenvalue weighted by atomic mass is 19.4. The minimum absolute atomic E-state index is 0.0531. The Morgan fingerprint density at radius 1 is 1.50 bits per heavy atom. The highest BCUT2D eigenvalue weighted by Crippen LogP contribution is 2.31. The molecule has 20 heavy (non-hydrogen) atoms. The van der Waals surface area contributed by atoms with Gasteiger partial charge in [-0.2, -0.15) is 13.2 Å². The Labute approximate surface area is 114 Å². The average Bonchev–Trinajstić information content (AvgIpc) is 3.18. The Morgan fingerprint density at radius 3 is 2.65 bits per heavy atom. The van der Waals surface area contributed by atoms with Crippen LogP contribution in [0.5, 0.6) is 0 Å². The predicted molar refractivity (Wildman–Crippen MR) is 67.0 cm³/mol. The van der Waals surface area contributed by atoms with Gasteiger partial charge in [0.05, 0.1) is 11.3 Å². The van der Waals surface area contributed by atoms with Crippen LogP contribution in [0.1, 0.15) is 34.6 Å². The number of amides is 1. The third-order valence-corrected chi connectivity index (χ3v) is 3.35. The number of halogens is 3. The van der Waals surface area contributed by atoms with Crippen molar-refractivity contribution in [3.05, 3.63) is 29.1 Å². The summed E-state index contributed by atoms with van der Waals surface area (Å²) in [5.41, 5.74) is 5.04. The minimum atomic E-state index is -4.51. The predicted octanol–water partition coefficient (Wildman–Crippen LogP) is 1.88. The summed E-state index contributed by atoms with van der Waals surface area (Å²) in [6, 6.07) is 1.85. The van der Waals surface area contributed by atoms with Crippen molar-refractivity contribution in [3.8, 4) is 0 Å². The lowest BCUT2D eigenvalue weighted by atomic mass is 10.1. The lowest BCUT2D eigenvalue weighted by molar-refractivity contribution is -0.141. The molecule has 0 spiro atoms. The maximum atomic E-state index is 12.5. The number of hydrogen-bond acceptors (Lipinski definition) is 3. The van der Waals surface area contributed by atoms with Crippen molar-refractivity contribution in [2.24, 2.45) is 11.7 Å². The van der Waals surface area contributed by atoms with Gasteiger partial charge in [0.25, 0.3) is 5.91 Å². The monoisotopic (exact) mass is 287 g/mol. The molecule has 2 rings (SSSR count). The molecule has 1 fully saturated rings. The van der Waals surface area contributed by atoms with Gasteiger partial charge in [-0.3, -0.25) is 4.79 Å². The summed E-state index contributed by atoms with van der Waals surface area (Å²) in [4.78, 5) is 15.3. The number of nitrogens with two attached hydrogens (primary N) is 1. The lowest BCUT2D eigenvalue weighted by Gasteiger charge is -2.13. The summed E-state index contributed by atoms with van der Waals surface area (Å²) in [6.07, 6.45) is -2.37. The average molecular weight is 287 g/mol. The molecule has 1 aliphatic rings. The SMILES string of the molecule is Cc1nc(C(F)(F)F)ccc1C(=O)NCC(N)C1CC1. The largest absolute Gasteiger partial charge is 0.433 e. The number of alkyl halides is 3. The van der Waals surface area contributed by atoms with Gasteiger partial charge in [0, 0.05) is 12.6 Å². The Bertz CT molecular complexity index is 512. The van der Waals surface area contributed by atoms with Crippen LogP contribution in [0.3, 0.4) is 0 Å². The van der Waals surface area contributed by atoms with Gasteiger partial charge in [-0.15, -0.1) is 0 Å². The zero-order valence-corrected chi connectivity index (χ0v) is 11.0. The molecule has 0 aliphatic heterocycles. The third-order valence-electron chi connectivity index (χ3n) is 3.35. The first-order valence-corrected chi connectivity index (χ1v) is 6.37. The number of carbonyl (C=O) groups excluding carboxylic acids is 1. The van der Waals surface area contributed by atoms with Crippen LogP contribution in [-0.2, 0) is 6.18 Å². The Kier molecular flexibility index (Phi) is 3.99. The standard InChI is InChI=1S/C13H16F3N3O/c1-7-9(4-5-11(19-7)13(14,15)16)12(20)18-6-10(17)8-2-3-8/h4-5,8,10H,2-3,6,17H2,1H3,(H,18,20). The summed E-state index contributed by atoms with van der Waals surface area (Å²) in [5, 5.41) is 2.63. The van der Waals surface area contributed by atoms with Gasteiger partial charge in [0.15, 0.2) is 0 Å². The Balaban J connectivity index is 2.02. The molecule has 1 aliphatic carbocycles. The van der Waals surface area contributed by atoms with Crippen molar-refractivity contribution in [1.29, 1.82) is 0 Å². The fourth-order valence-electron chi connectivity index (χ4n) is 1.96. The van der Waals surface area contributed by atoms with Crippen LogP contribution < -0.4 is 11.1 Å². The van der Waals surface area contributed by atoms with Crippen LogP contribution in [0.4, 0.5) is 13.2 Å². The van der Waals surface area contributed by atoms with Crippen molar-refractivity contribution in [2.45, 2.75) is 32.0 Å². The van der Waals surface area contributed by atoms with E-state index >= 15 is 0 Å². The minimum Gasteiger partial charge on any atom is -0.350 e. The van der Waals surface area contributed by atoms with E-state index in [9.17, 15) is 18.0 Å². The Morgan fingerprint density at radius 2 is 2.15 bits per heavy atom. The molecule has 1 aromatic rings. The van der Waals surface area contributed by atoms with E-state index in [1.165, 1.54) is 6.92 Å². The molecule has 0 bridgehead atoms. The van der Waals surface area contributed by atoms with E-state index < -0.39 is 17.8 Å². The summed E-state index contributed by atoms with van der Waals surface area (Å²) < 4.78 is 37.4. The molecule has 0 radical (unpaired) electrons. The summed E-state index contributed by atoms with van der Waals surface area (Å²) in [6.45, 7) is 1.70. The summed E-state index contributed by atoms with van der Waals surface area (Å²) >= 11 is 0. The maximum Gasteiger partial charge on any atom is 0.433 e. The molecule has 4 nitrogen and oxygen atoms in total. The summed E-state index contributed by atoms with van der Waals surface area (Å²) in [5.74, 6) is 0.00181. The van der Waals surface area contributed by atoms with Gasteiger partial charge in [-0.05, 0) is 37.8 Å². The molecular formula is C13H16F3N3O. The van der Waals surface area contributed by atoms with Gasteiger partial charge < -0.3 is 11.1 Å². The van der Waals surface area contributed by atoms with Gasteiger partial charge in [-0.1, -0.05) is 0 Å². The third kappa shape index (κ3) is 3.47. The molecule has 3 N–H and O–H groups in total. The zero-order chi connectivity index (χ0) is 14.9. The lowest BCUT2D eigenvalue weighted by Crippen LogP contribution is -2.38. The molecule has 0 aromatic carbocycles. The highest BCUT2D eigenvalue weighted by Gasteiger charge is 2.33. The van der Waals surface area contributed by atoms with Crippen LogP contribution in [0.2, 0.25) is 0 Å². The van der Waals surface area contributed by atoms with E-state index in [1.54, 1.807) is 0 Å². The topological polar surface area (TPSA) is 68.0 Å². The van der Waals surface area contributed by atoms with E-state index in [4.69, 9.17) is 5.73 Å². The van der Waals surface area contributed by atoms with Crippen LogP contribution in [0.25, 0.3) is 0 Å². The molecule has 1 saturated carbocycles. The molecule has 1 heterocycles. The van der Waals surface area contributed by atoms with Crippen molar-refractivity contribution in [2.75, 3.05) is 6.54 Å². The van der Waals surface area contributed by atoms with E-state index in [1.807, 2.05) is 0 Å². The number of aromatic nitrogens is 1. The van der Waals surface area contributed by atoms with Gasteiger partial charge >= 0.3 is 6.18 Å². The van der Waals surface area contributed by atoms with E-state index in [2.05, 4.69) is 10.3 Å². The van der Waals surface area contributed by atoms with E-state index in [0.717, 1.165) is 25.0 Å². The number of rotatable bonds is 4. The van der Waals surface area contributed by atoms with Crippen molar-refractivity contribution in [1.82, 2.24) is 10.3 Å². The maximum absolute atomic E-state index is 12.5. The first-order valence-electron chi connectivity index (χ1n) is 6.37. The second-order valence-electron chi connectivity index (χ2n) is 5.04.